The Morgan fingerprint density at radius 3 is 2.21 bits per heavy atom. The molecule has 0 atom stereocenters. The van der Waals surface area contributed by atoms with Crippen LogP contribution in [0.1, 0.15) is 41.1 Å². The number of hydrogen-bond donors (Lipinski definition) is 0. The van der Waals surface area contributed by atoms with Gasteiger partial charge in [0.15, 0.2) is 11.5 Å². The van der Waals surface area contributed by atoms with Gasteiger partial charge in [-0.05, 0) is 74.4 Å². The van der Waals surface area contributed by atoms with Crippen molar-refractivity contribution >= 4 is 11.8 Å². The Morgan fingerprint density at radius 1 is 0.974 bits per heavy atom. The normalized spacial score (nSPS) is 11.4. The third-order valence-electron chi connectivity index (χ3n) is 6.05. The maximum absolute atomic E-state index is 13.4. The van der Waals surface area contributed by atoms with E-state index in [1.807, 2.05) is 12.1 Å². The molecule has 204 valence electrons. The van der Waals surface area contributed by atoms with E-state index in [1.54, 1.807) is 51.2 Å². The minimum Gasteiger partial charge on any atom is -0.493 e. The van der Waals surface area contributed by atoms with Crippen molar-refractivity contribution in [3.05, 3.63) is 83.3 Å². The molecule has 0 bridgehead atoms. The second-order valence-electron chi connectivity index (χ2n) is 8.94. The van der Waals surface area contributed by atoms with Gasteiger partial charge in [-0.2, -0.15) is 13.2 Å². The van der Waals surface area contributed by atoms with Crippen LogP contribution in [0.3, 0.4) is 0 Å². The van der Waals surface area contributed by atoms with Gasteiger partial charge in [0.2, 0.25) is 5.91 Å². The predicted molar refractivity (Wildman–Crippen MR) is 135 cm³/mol. The summed E-state index contributed by atoms with van der Waals surface area (Å²) < 4.78 is 54.9. The first-order chi connectivity index (χ1) is 18.0. The number of halogens is 3. The molecule has 0 saturated carbocycles. The average molecular weight is 533 g/mol. The molecule has 3 rings (SSSR count). The number of amides is 2. The molecule has 38 heavy (non-hydrogen) atoms. The molecular weight excluding hydrogens is 501 g/mol. The van der Waals surface area contributed by atoms with Crippen molar-refractivity contribution in [1.29, 1.82) is 0 Å². The lowest BCUT2D eigenvalue weighted by Crippen LogP contribution is -2.46. The lowest BCUT2D eigenvalue weighted by molar-refractivity contribution is -0.137. The maximum atomic E-state index is 13.4. The number of hydrogen-bond acceptors (Lipinski definition) is 5. The van der Waals surface area contributed by atoms with E-state index in [1.165, 1.54) is 11.2 Å². The fourth-order valence-corrected chi connectivity index (χ4v) is 3.89. The summed E-state index contributed by atoms with van der Waals surface area (Å²) in [4.78, 5) is 29.5. The van der Waals surface area contributed by atoms with Crippen LogP contribution in [0.4, 0.5) is 13.2 Å². The summed E-state index contributed by atoms with van der Waals surface area (Å²) in [5, 5.41) is 0. The van der Waals surface area contributed by atoms with Crippen molar-refractivity contribution in [1.82, 2.24) is 9.80 Å². The van der Waals surface area contributed by atoms with E-state index in [0.717, 1.165) is 29.8 Å². The zero-order valence-electron chi connectivity index (χ0n) is 21.7. The van der Waals surface area contributed by atoms with Crippen molar-refractivity contribution in [2.45, 2.75) is 39.0 Å². The first-order valence-electron chi connectivity index (χ1n) is 12.0. The Morgan fingerprint density at radius 2 is 1.66 bits per heavy atom. The average Bonchev–Trinajstić information content (AvgIpc) is 3.41. The van der Waals surface area contributed by atoms with Gasteiger partial charge in [-0.15, -0.1) is 0 Å². The smallest absolute Gasteiger partial charge is 0.416 e. The van der Waals surface area contributed by atoms with Gasteiger partial charge < -0.3 is 23.7 Å². The summed E-state index contributed by atoms with van der Waals surface area (Å²) in [6, 6.07) is 12.6. The Labute approximate surface area is 219 Å². The van der Waals surface area contributed by atoms with Gasteiger partial charge in [-0.25, -0.2) is 0 Å². The molecule has 0 aliphatic carbocycles. The number of carbonyl (C=O) groups excluding carboxylic acids is 2. The van der Waals surface area contributed by atoms with E-state index in [0.29, 0.717) is 30.2 Å². The molecule has 0 fully saturated rings. The second-order valence-corrected chi connectivity index (χ2v) is 8.94. The predicted octanol–water partition coefficient (Wildman–Crippen LogP) is 5.44. The van der Waals surface area contributed by atoms with Crippen molar-refractivity contribution < 1.29 is 36.7 Å². The van der Waals surface area contributed by atoms with E-state index in [2.05, 4.69) is 0 Å². The van der Waals surface area contributed by atoms with Gasteiger partial charge in [0, 0.05) is 18.2 Å². The largest absolute Gasteiger partial charge is 0.493 e. The molecule has 10 heteroatoms. The number of ether oxygens (including phenoxy) is 2. The molecule has 0 spiro atoms. The van der Waals surface area contributed by atoms with Gasteiger partial charge in [-0.1, -0.05) is 6.07 Å². The molecule has 0 aliphatic rings. The standard InChI is InChI=1S/C28H31F3N2O5/c1-19(2)33(27(35)21-8-10-22(11-9-21)28(29,30)31)18-26(34)32(17-23-6-5-15-38-23)14-13-20-7-12-24(36-3)25(16-20)37-4/h5-12,15-16,19H,13-14,17-18H2,1-4H3. The Bertz CT molecular complexity index is 1210. The molecule has 2 amide bonds. The van der Waals surface area contributed by atoms with Crippen LogP contribution in [0, 0.1) is 0 Å². The number of nitrogens with zero attached hydrogens (tertiary/aromatic N) is 2. The zero-order valence-corrected chi connectivity index (χ0v) is 21.7. The minimum absolute atomic E-state index is 0.0717. The highest BCUT2D eigenvalue weighted by atomic mass is 19.4. The highest BCUT2D eigenvalue weighted by Crippen LogP contribution is 2.30. The number of furan rings is 1. The van der Waals surface area contributed by atoms with Crippen LogP contribution in [-0.4, -0.2) is 55.0 Å². The van der Waals surface area contributed by atoms with Gasteiger partial charge in [-0.3, -0.25) is 9.59 Å². The van der Waals surface area contributed by atoms with Gasteiger partial charge in [0.1, 0.15) is 12.3 Å². The summed E-state index contributed by atoms with van der Waals surface area (Å²) in [5.41, 5.74) is 0.143. The minimum atomic E-state index is -4.50. The van der Waals surface area contributed by atoms with Gasteiger partial charge in [0.25, 0.3) is 5.91 Å². The quantitative estimate of drug-likeness (QED) is 0.329. The molecule has 7 nitrogen and oxygen atoms in total. The fraction of sp³-hybridized carbons (Fsp3) is 0.357. The Kier molecular flexibility index (Phi) is 9.44. The third kappa shape index (κ3) is 7.30. The summed E-state index contributed by atoms with van der Waals surface area (Å²) in [5.74, 6) is 0.891. The monoisotopic (exact) mass is 532 g/mol. The van der Waals surface area contributed by atoms with Crippen molar-refractivity contribution in [2.75, 3.05) is 27.3 Å². The highest BCUT2D eigenvalue weighted by molar-refractivity contribution is 5.96. The van der Waals surface area contributed by atoms with Crippen LogP contribution >= 0.6 is 0 Å². The van der Waals surface area contributed by atoms with Crippen LogP contribution in [0.2, 0.25) is 0 Å². The van der Waals surface area contributed by atoms with Crippen LogP contribution in [0.15, 0.2) is 65.3 Å². The van der Waals surface area contributed by atoms with Gasteiger partial charge in [0.05, 0.1) is 32.6 Å². The van der Waals surface area contributed by atoms with Crippen molar-refractivity contribution in [3.8, 4) is 11.5 Å². The molecule has 2 aromatic carbocycles. The summed E-state index contributed by atoms with van der Waals surface area (Å²) in [6.45, 7) is 3.77. The third-order valence-corrected chi connectivity index (χ3v) is 6.05. The molecule has 0 radical (unpaired) electrons. The first kappa shape index (κ1) is 28.6. The van der Waals surface area contributed by atoms with E-state index in [9.17, 15) is 22.8 Å². The molecule has 0 N–H and O–H groups in total. The highest BCUT2D eigenvalue weighted by Gasteiger charge is 2.31. The maximum Gasteiger partial charge on any atom is 0.416 e. The molecule has 3 aromatic rings. The molecule has 0 aliphatic heterocycles. The van der Waals surface area contributed by atoms with Crippen LogP contribution in [-0.2, 0) is 23.9 Å². The van der Waals surface area contributed by atoms with E-state index in [-0.39, 0.29) is 30.6 Å². The van der Waals surface area contributed by atoms with Crippen molar-refractivity contribution in [3.63, 3.8) is 0 Å². The number of benzene rings is 2. The summed E-state index contributed by atoms with van der Waals surface area (Å²) in [6.07, 6.45) is -2.49. The van der Waals surface area contributed by atoms with Crippen molar-refractivity contribution in [2.24, 2.45) is 0 Å². The number of alkyl halides is 3. The summed E-state index contributed by atoms with van der Waals surface area (Å²) in [7, 11) is 3.09. The Balaban J connectivity index is 1.77. The Hall–Kier alpha value is -3.95. The molecule has 0 unspecified atom stereocenters. The lowest BCUT2D eigenvalue weighted by Gasteiger charge is -2.30. The van der Waals surface area contributed by atoms with Crippen LogP contribution in [0.5, 0.6) is 11.5 Å². The fourth-order valence-electron chi connectivity index (χ4n) is 3.89. The molecular formula is C28H31F3N2O5. The molecule has 0 saturated heterocycles. The SMILES string of the molecule is COc1ccc(CCN(Cc2ccco2)C(=O)CN(C(=O)c2ccc(C(F)(F)F)cc2)C(C)C)cc1OC. The van der Waals surface area contributed by atoms with Crippen LogP contribution < -0.4 is 9.47 Å². The molecule has 1 heterocycles. The number of carbonyl (C=O) groups is 2. The number of methoxy groups -OCH3 is 2. The topological polar surface area (TPSA) is 72.2 Å². The zero-order chi connectivity index (χ0) is 27.9. The van der Waals surface area contributed by atoms with E-state index >= 15 is 0 Å². The number of rotatable bonds is 11. The van der Waals surface area contributed by atoms with E-state index in [4.69, 9.17) is 13.9 Å². The van der Waals surface area contributed by atoms with Crippen LogP contribution in [0.25, 0.3) is 0 Å². The lowest BCUT2D eigenvalue weighted by atomic mass is 10.1. The second kappa shape index (κ2) is 12.5. The summed E-state index contributed by atoms with van der Waals surface area (Å²) >= 11 is 0. The van der Waals surface area contributed by atoms with E-state index < -0.39 is 17.6 Å². The molecule has 1 aromatic heterocycles. The first-order valence-corrected chi connectivity index (χ1v) is 12.0. The van der Waals surface area contributed by atoms with Gasteiger partial charge >= 0.3 is 6.18 Å².